The highest BCUT2D eigenvalue weighted by atomic mass is 35.5. The molecule has 166 valence electrons. The number of benzene rings is 1. The maximum Gasteiger partial charge on any atom is 0.163 e. The van der Waals surface area contributed by atoms with Crippen molar-refractivity contribution in [1.82, 2.24) is 14.5 Å². The molecule has 3 heterocycles. The van der Waals surface area contributed by atoms with Crippen LogP contribution in [0.4, 0.5) is 0 Å². The number of fused-ring (bicyclic) bond motifs is 1. The van der Waals surface area contributed by atoms with E-state index in [0.29, 0.717) is 26.8 Å². The lowest BCUT2D eigenvalue weighted by molar-refractivity contribution is -0.309. The summed E-state index contributed by atoms with van der Waals surface area (Å²) < 4.78 is 20.3. The summed E-state index contributed by atoms with van der Waals surface area (Å²) in [7, 11) is 0. The highest BCUT2D eigenvalue weighted by Gasteiger charge is 2.38. The fraction of sp³-hybridized carbons (Fsp3) is 0.455. The molecule has 0 radical (unpaired) electrons. The average molecular weight is 466 g/mol. The average Bonchev–Trinajstić information content (AvgIpc) is 3.13. The summed E-state index contributed by atoms with van der Waals surface area (Å²) in [6, 6.07) is 7.25. The van der Waals surface area contributed by atoms with Crippen molar-refractivity contribution in [1.29, 1.82) is 0 Å². The largest absolute Gasteiger partial charge is 0.386 e. The summed E-state index contributed by atoms with van der Waals surface area (Å²) >= 11 is 12.4. The van der Waals surface area contributed by atoms with Crippen LogP contribution < -0.4 is 0 Å². The Balaban J connectivity index is 1.72. The number of aryl methyl sites for hydroxylation is 1. The third-order valence-corrected chi connectivity index (χ3v) is 6.12. The van der Waals surface area contributed by atoms with Crippen LogP contribution in [0.25, 0.3) is 11.0 Å². The molecular formula is C22H25Cl2N3O4. The van der Waals surface area contributed by atoms with E-state index in [-0.39, 0.29) is 6.61 Å². The zero-order valence-corrected chi connectivity index (χ0v) is 19.3. The summed E-state index contributed by atoms with van der Waals surface area (Å²) in [5, 5.41) is 12.9. The van der Waals surface area contributed by atoms with E-state index < -0.39 is 30.3 Å². The van der Waals surface area contributed by atoms with Gasteiger partial charge in [0.1, 0.15) is 35.4 Å². The molecule has 7 nitrogen and oxygen atoms in total. The molecular weight excluding hydrogens is 441 g/mol. The summed E-state index contributed by atoms with van der Waals surface area (Å²) in [6.07, 6.45) is 0.651. The Morgan fingerprint density at radius 2 is 2.00 bits per heavy atom. The molecule has 2 aromatic heterocycles. The smallest absolute Gasteiger partial charge is 0.163 e. The first-order valence-electron chi connectivity index (χ1n) is 10.0. The molecule has 0 spiro atoms. The van der Waals surface area contributed by atoms with Crippen molar-refractivity contribution in [2.24, 2.45) is 0 Å². The molecule has 4 atom stereocenters. The van der Waals surface area contributed by atoms with Gasteiger partial charge < -0.3 is 23.9 Å². The number of rotatable bonds is 3. The minimum atomic E-state index is -0.931. The number of aliphatic hydroxyl groups is 1. The number of hydrogen-bond acceptors (Lipinski definition) is 6. The van der Waals surface area contributed by atoms with Gasteiger partial charge in [-0.2, -0.15) is 0 Å². The quantitative estimate of drug-likeness (QED) is 0.557. The van der Waals surface area contributed by atoms with Gasteiger partial charge in [0.05, 0.1) is 12.0 Å². The normalized spacial score (nSPS) is 25.2. The van der Waals surface area contributed by atoms with Gasteiger partial charge in [0.2, 0.25) is 0 Å². The molecule has 4 rings (SSSR count). The van der Waals surface area contributed by atoms with Crippen LogP contribution in [0.3, 0.4) is 0 Å². The first-order valence-corrected chi connectivity index (χ1v) is 10.8. The molecule has 9 heteroatoms. The lowest BCUT2D eigenvalue weighted by Gasteiger charge is -2.40. The van der Waals surface area contributed by atoms with Gasteiger partial charge in [-0.3, -0.25) is 0 Å². The molecule has 3 aromatic rings. The van der Waals surface area contributed by atoms with Gasteiger partial charge in [0.25, 0.3) is 0 Å². The van der Waals surface area contributed by atoms with Crippen molar-refractivity contribution in [2.75, 3.05) is 6.61 Å². The number of nitrogens with zero attached hydrogens (tertiary/aromatic N) is 3. The van der Waals surface area contributed by atoms with E-state index >= 15 is 0 Å². The molecule has 1 aliphatic rings. The fourth-order valence-corrected chi connectivity index (χ4v) is 4.13. The Labute approximate surface area is 190 Å². The molecule has 1 N–H and O–H groups in total. The van der Waals surface area contributed by atoms with Crippen LogP contribution in [0.1, 0.15) is 44.2 Å². The molecule has 0 saturated carbocycles. The van der Waals surface area contributed by atoms with Crippen molar-refractivity contribution in [3.8, 4) is 0 Å². The lowest BCUT2D eigenvalue weighted by Crippen LogP contribution is -2.45. The van der Waals surface area contributed by atoms with Crippen molar-refractivity contribution in [2.45, 2.75) is 58.0 Å². The van der Waals surface area contributed by atoms with E-state index in [2.05, 4.69) is 9.97 Å². The predicted molar refractivity (Wildman–Crippen MR) is 118 cm³/mol. The SMILES string of the molecule is Cc1cc([C@@H](O)[C@@H]2COC(C)(C)O[C@H](C)[C@H](n3ccc4c(Cl)ncnc43)O2)ccc1Cl. The monoisotopic (exact) mass is 465 g/mol. The number of aromatic nitrogens is 3. The van der Waals surface area contributed by atoms with Gasteiger partial charge >= 0.3 is 0 Å². The van der Waals surface area contributed by atoms with Crippen molar-refractivity contribution in [3.05, 3.63) is 58.1 Å². The third kappa shape index (κ3) is 4.58. The highest BCUT2D eigenvalue weighted by Crippen LogP contribution is 2.35. The number of hydrogen-bond donors (Lipinski definition) is 1. The molecule has 1 fully saturated rings. The summed E-state index contributed by atoms with van der Waals surface area (Å²) in [6.45, 7) is 7.61. The molecule has 0 bridgehead atoms. The molecule has 1 aromatic carbocycles. The van der Waals surface area contributed by atoms with Crippen LogP contribution in [-0.2, 0) is 14.2 Å². The minimum absolute atomic E-state index is 0.133. The van der Waals surface area contributed by atoms with Gasteiger partial charge in [-0.15, -0.1) is 0 Å². The maximum atomic E-state index is 11.2. The van der Waals surface area contributed by atoms with Crippen LogP contribution in [0.15, 0.2) is 36.8 Å². The van der Waals surface area contributed by atoms with E-state index in [0.717, 1.165) is 5.56 Å². The fourth-order valence-electron chi connectivity index (χ4n) is 3.82. The Hall–Kier alpha value is -1.74. The minimum Gasteiger partial charge on any atom is -0.386 e. The van der Waals surface area contributed by atoms with Crippen molar-refractivity contribution >= 4 is 34.2 Å². The van der Waals surface area contributed by atoms with Gasteiger partial charge in [-0.25, -0.2) is 9.97 Å². The molecule has 31 heavy (non-hydrogen) atoms. The molecule has 1 aliphatic heterocycles. The number of aliphatic hydroxyl groups excluding tert-OH is 1. The zero-order chi connectivity index (χ0) is 22.3. The van der Waals surface area contributed by atoms with E-state index in [1.165, 1.54) is 6.33 Å². The number of halogens is 2. The topological polar surface area (TPSA) is 78.6 Å². The Morgan fingerprint density at radius 1 is 1.23 bits per heavy atom. The van der Waals surface area contributed by atoms with Crippen molar-refractivity contribution in [3.63, 3.8) is 0 Å². The van der Waals surface area contributed by atoms with Gasteiger partial charge in [0.15, 0.2) is 12.0 Å². The summed E-state index contributed by atoms with van der Waals surface area (Å²) in [5.74, 6) is -0.870. The first kappa shape index (κ1) is 22.5. The lowest BCUT2D eigenvalue weighted by atomic mass is 10.0. The maximum absolute atomic E-state index is 11.2. The van der Waals surface area contributed by atoms with E-state index in [1.807, 2.05) is 50.6 Å². The summed E-state index contributed by atoms with van der Waals surface area (Å²) in [4.78, 5) is 8.41. The van der Waals surface area contributed by atoms with Crippen molar-refractivity contribution < 1.29 is 19.3 Å². The number of ether oxygens (including phenoxy) is 3. The third-order valence-electron chi connectivity index (χ3n) is 5.39. The van der Waals surface area contributed by atoms with E-state index in [9.17, 15) is 5.11 Å². The first-order chi connectivity index (χ1) is 14.7. The standard InChI is InChI=1S/C22H25Cl2N3O4/c1-12-9-14(5-6-16(12)23)18(28)17-10-29-22(3,4)31-13(2)21(30-17)27-8-7-15-19(24)25-11-26-20(15)27/h5-9,11,13,17-18,21,28H,10H2,1-4H3/t13-,17+,18-,21-/m1/s1. The second kappa shape index (κ2) is 8.65. The Morgan fingerprint density at radius 3 is 2.74 bits per heavy atom. The van der Waals surface area contributed by atoms with Crippen LogP contribution in [0.5, 0.6) is 0 Å². The second-order valence-electron chi connectivity index (χ2n) is 8.18. The van der Waals surface area contributed by atoms with Crippen LogP contribution >= 0.6 is 23.2 Å². The van der Waals surface area contributed by atoms with E-state index in [4.69, 9.17) is 37.4 Å². The Bertz CT molecular complexity index is 1090. The van der Waals surface area contributed by atoms with Crippen LogP contribution in [0, 0.1) is 6.92 Å². The van der Waals surface area contributed by atoms with E-state index in [1.54, 1.807) is 12.1 Å². The Kier molecular flexibility index (Phi) is 6.27. The molecule has 0 aliphatic carbocycles. The zero-order valence-electron chi connectivity index (χ0n) is 17.8. The van der Waals surface area contributed by atoms with Crippen LogP contribution in [0.2, 0.25) is 10.2 Å². The second-order valence-corrected chi connectivity index (χ2v) is 8.94. The highest BCUT2D eigenvalue weighted by molar-refractivity contribution is 6.33. The predicted octanol–water partition coefficient (Wildman–Crippen LogP) is 4.84. The van der Waals surface area contributed by atoms with Gasteiger partial charge in [-0.05, 0) is 51.0 Å². The van der Waals surface area contributed by atoms with Crippen LogP contribution in [-0.4, -0.2) is 44.2 Å². The van der Waals surface area contributed by atoms with Gasteiger partial charge in [-0.1, -0.05) is 35.3 Å². The molecule has 0 unspecified atom stereocenters. The molecule has 1 saturated heterocycles. The van der Waals surface area contributed by atoms with Gasteiger partial charge in [0, 0.05) is 11.2 Å². The molecule has 0 amide bonds. The summed E-state index contributed by atoms with van der Waals surface area (Å²) in [5.41, 5.74) is 2.19.